The average molecular weight is 326 g/mol. The third-order valence-electron chi connectivity index (χ3n) is 3.15. The van der Waals surface area contributed by atoms with Gasteiger partial charge in [0.05, 0.1) is 20.2 Å². The molecular weight excluding hydrogens is 304 g/mol. The molecule has 0 bridgehead atoms. The summed E-state index contributed by atoms with van der Waals surface area (Å²) in [6.45, 7) is 18.5. The average Bonchev–Trinajstić information content (AvgIpc) is 2.57. The Morgan fingerprint density at radius 3 is 2.67 bits per heavy atom. The molecule has 1 unspecified atom stereocenters. The Kier molecular flexibility index (Phi) is 7.31. The van der Waals surface area contributed by atoms with Crippen LogP contribution in [0, 0.1) is 6.57 Å². The van der Waals surface area contributed by atoms with Crippen LogP contribution in [0.4, 0.5) is 0 Å². The molecule has 0 aliphatic rings. The van der Waals surface area contributed by atoms with Crippen molar-refractivity contribution in [1.29, 1.82) is 0 Å². The zero-order chi connectivity index (χ0) is 18.1. The maximum absolute atomic E-state index is 12.2. The molecule has 5 heteroatoms. The molecule has 0 aliphatic carbocycles. The van der Waals surface area contributed by atoms with Crippen LogP contribution in [-0.2, 0) is 9.53 Å². The fourth-order valence-corrected chi connectivity index (χ4v) is 1.79. The lowest BCUT2D eigenvalue weighted by atomic mass is 10.1. The van der Waals surface area contributed by atoms with E-state index in [-0.39, 0.29) is 18.3 Å². The van der Waals surface area contributed by atoms with Gasteiger partial charge < -0.3 is 14.8 Å². The largest absolute Gasteiger partial charge is 0.496 e. The summed E-state index contributed by atoms with van der Waals surface area (Å²) in [5.74, 6) is 0.611. The van der Waals surface area contributed by atoms with Crippen molar-refractivity contribution in [2.24, 2.45) is 0 Å². The Bertz CT molecular complexity index is 699. The van der Waals surface area contributed by atoms with Crippen molar-refractivity contribution in [1.82, 2.24) is 5.32 Å². The van der Waals surface area contributed by atoms with Crippen molar-refractivity contribution >= 4 is 12.0 Å². The molecule has 1 atom stereocenters. The Morgan fingerprint density at radius 2 is 2.08 bits per heavy atom. The van der Waals surface area contributed by atoms with Gasteiger partial charge in [0.2, 0.25) is 5.91 Å². The highest BCUT2D eigenvalue weighted by atomic mass is 16.5. The van der Waals surface area contributed by atoms with Crippen molar-refractivity contribution in [3.05, 3.63) is 71.4 Å². The van der Waals surface area contributed by atoms with E-state index in [4.69, 9.17) is 16.0 Å². The monoisotopic (exact) mass is 326 g/mol. The number of carbonyl (C=O) groups excluding carboxylic acids is 1. The fraction of sp³-hybridized carbons (Fsp3) is 0.263. The van der Waals surface area contributed by atoms with Gasteiger partial charge in [0, 0.05) is 5.56 Å². The first kappa shape index (κ1) is 19.0. The van der Waals surface area contributed by atoms with Crippen LogP contribution in [0.15, 0.2) is 54.5 Å². The summed E-state index contributed by atoms with van der Waals surface area (Å²) in [5.41, 5.74) is 1.37. The predicted octanol–water partition coefficient (Wildman–Crippen LogP) is 3.57. The molecule has 0 saturated heterocycles. The third kappa shape index (κ3) is 5.65. The van der Waals surface area contributed by atoms with E-state index in [1.54, 1.807) is 26.0 Å². The number of rotatable bonds is 8. The van der Waals surface area contributed by atoms with Gasteiger partial charge in [-0.25, -0.2) is 4.85 Å². The molecule has 0 spiro atoms. The second-order valence-corrected chi connectivity index (χ2v) is 5.23. The van der Waals surface area contributed by atoms with Gasteiger partial charge in [-0.3, -0.25) is 4.79 Å². The number of methoxy groups -OCH3 is 1. The second kappa shape index (κ2) is 9.21. The lowest BCUT2D eigenvalue weighted by Crippen LogP contribution is -2.32. The fourth-order valence-electron chi connectivity index (χ4n) is 1.79. The van der Waals surface area contributed by atoms with Crippen molar-refractivity contribution < 1.29 is 14.3 Å². The lowest BCUT2D eigenvalue weighted by Gasteiger charge is -2.17. The number of carbonyl (C=O) groups is 1. The zero-order valence-corrected chi connectivity index (χ0v) is 14.3. The smallest absolute Gasteiger partial charge is 0.250 e. The summed E-state index contributed by atoms with van der Waals surface area (Å²) < 4.78 is 10.7. The van der Waals surface area contributed by atoms with E-state index in [0.717, 1.165) is 5.57 Å². The normalized spacial score (nSPS) is 11.8. The van der Waals surface area contributed by atoms with Gasteiger partial charge in [0.25, 0.3) is 5.70 Å². The van der Waals surface area contributed by atoms with Crippen LogP contribution in [0.2, 0.25) is 0 Å². The minimum atomic E-state index is -0.465. The van der Waals surface area contributed by atoms with Crippen LogP contribution in [-0.4, -0.2) is 25.7 Å². The molecule has 1 amide bonds. The van der Waals surface area contributed by atoms with Crippen LogP contribution in [0.25, 0.3) is 10.9 Å². The van der Waals surface area contributed by atoms with Gasteiger partial charge >= 0.3 is 0 Å². The van der Waals surface area contributed by atoms with Crippen LogP contribution in [0.3, 0.4) is 0 Å². The number of para-hydroxylation sites is 1. The number of nitrogens with one attached hydrogen (secondary N) is 1. The van der Waals surface area contributed by atoms with E-state index >= 15 is 0 Å². The van der Waals surface area contributed by atoms with Crippen molar-refractivity contribution in [2.45, 2.75) is 20.0 Å². The molecule has 1 aromatic rings. The summed E-state index contributed by atoms with van der Waals surface area (Å²) in [5, 5.41) is 2.68. The van der Waals surface area contributed by atoms with Crippen molar-refractivity contribution in [3.8, 4) is 5.75 Å². The quantitative estimate of drug-likeness (QED) is 0.344. The first-order valence-corrected chi connectivity index (χ1v) is 7.40. The predicted molar refractivity (Wildman–Crippen MR) is 95.1 cm³/mol. The molecule has 5 nitrogen and oxygen atoms in total. The van der Waals surface area contributed by atoms with Crippen LogP contribution in [0.1, 0.15) is 19.4 Å². The molecule has 1 N–H and O–H groups in total. The van der Waals surface area contributed by atoms with Crippen LogP contribution >= 0.6 is 0 Å². The van der Waals surface area contributed by atoms with Gasteiger partial charge in [-0.1, -0.05) is 31.4 Å². The Labute approximate surface area is 143 Å². The summed E-state index contributed by atoms with van der Waals surface area (Å²) >= 11 is 0. The number of benzene rings is 1. The number of allylic oxidation sites excluding steroid dienone is 1. The number of hydrogen-bond acceptors (Lipinski definition) is 3. The topological polar surface area (TPSA) is 51.9 Å². The van der Waals surface area contributed by atoms with Gasteiger partial charge in [-0.2, -0.15) is 0 Å². The third-order valence-corrected chi connectivity index (χ3v) is 3.15. The van der Waals surface area contributed by atoms with E-state index in [2.05, 4.69) is 23.3 Å². The number of amides is 1. The molecule has 0 fully saturated rings. The van der Waals surface area contributed by atoms with E-state index in [0.29, 0.717) is 17.1 Å². The SMILES string of the molecule is [C-]#[N+]/C(=C\c1ccccc1OC)C(=O)NCC(C)OC(=C)C(=C)C. The highest BCUT2D eigenvalue weighted by Crippen LogP contribution is 2.20. The molecular formula is C19H22N2O3. The van der Waals surface area contributed by atoms with Gasteiger partial charge in [-0.05, 0) is 31.6 Å². The number of hydrogen-bond donors (Lipinski definition) is 1. The standard InChI is InChI=1S/C19H22N2O3/c1-13(2)15(4)24-14(3)12-21-19(22)17(20-5)11-16-9-7-8-10-18(16)23-6/h7-11,14H,1,4,12H2,2-3,6H3,(H,21,22)/b17-11-. The summed E-state index contributed by atoms with van der Waals surface area (Å²) in [4.78, 5) is 15.5. The molecule has 0 aliphatic heterocycles. The second-order valence-electron chi connectivity index (χ2n) is 5.23. The minimum absolute atomic E-state index is 0.0228. The number of ether oxygens (including phenoxy) is 2. The molecule has 0 aromatic heterocycles. The highest BCUT2D eigenvalue weighted by molar-refractivity contribution is 5.99. The van der Waals surface area contributed by atoms with E-state index < -0.39 is 5.91 Å². The minimum Gasteiger partial charge on any atom is -0.496 e. The van der Waals surface area contributed by atoms with E-state index in [1.165, 1.54) is 13.2 Å². The Hall–Kier alpha value is -3.00. The first-order valence-electron chi connectivity index (χ1n) is 7.40. The maximum Gasteiger partial charge on any atom is 0.250 e. The number of nitrogens with zero attached hydrogens (tertiary/aromatic N) is 1. The maximum atomic E-state index is 12.2. The molecule has 0 saturated carbocycles. The van der Waals surface area contributed by atoms with E-state index in [1.807, 2.05) is 12.1 Å². The summed E-state index contributed by atoms with van der Waals surface area (Å²) in [6.07, 6.45) is 1.22. The lowest BCUT2D eigenvalue weighted by molar-refractivity contribution is -0.117. The van der Waals surface area contributed by atoms with Crippen LogP contribution in [0.5, 0.6) is 5.75 Å². The van der Waals surface area contributed by atoms with E-state index in [9.17, 15) is 4.79 Å². The highest BCUT2D eigenvalue weighted by Gasteiger charge is 2.13. The molecule has 24 heavy (non-hydrogen) atoms. The molecule has 0 radical (unpaired) electrons. The molecule has 1 rings (SSSR count). The summed E-state index contributed by atoms with van der Waals surface area (Å²) in [7, 11) is 1.54. The van der Waals surface area contributed by atoms with Gasteiger partial charge in [0.15, 0.2) is 0 Å². The first-order chi connectivity index (χ1) is 11.4. The summed E-state index contributed by atoms with van der Waals surface area (Å²) in [6, 6.07) is 7.18. The zero-order valence-electron chi connectivity index (χ0n) is 14.3. The van der Waals surface area contributed by atoms with Crippen LogP contribution < -0.4 is 10.1 Å². The molecule has 126 valence electrons. The molecule has 0 heterocycles. The van der Waals surface area contributed by atoms with Crippen molar-refractivity contribution in [3.63, 3.8) is 0 Å². The van der Waals surface area contributed by atoms with Gasteiger partial charge in [0.1, 0.15) is 17.6 Å². The Morgan fingerprint density at radius 1 is 1.42 bits per heavy atom. The van der Waals surface area contributed by atoms with Gasteiger partial charge in [-0.15, -0.1) is 0 Å². The molecule has 1 aromatic carbocycles. The Balaban J connectivity index is 2.74. The van der Waals surface area contributed by atoms with Crippen molar-refractivity contribution in [2.75, 3.05) is 13.7 Å².